The Kier molecular flexibility index (Phi) is 3.35. The van der Waals surface area contributed by atoms with Crippen LogP contribution in [0.15, 0.2) is 46.5 Å². The first-order chi connectivity index (χ1) is 13.0. The number of furan rings is 1. The van der Waals surface area contributed by atoms with E-state index in [1.165, 1.54) is 22.5 Å². The Morgan fingerprint density at radius 2 is 1.81 bits per heavy atom. The number of hydrogen-bond donors (Lipinski definition) is 0. The van der Waals surface area contributed by atoms with Gasteiger partial charge in [-0.1, -0.05) is 19.0 Å². The Balaban J connectivity index is 1.67. The number of para-hydroxylation sites is 2. The van der Waals surface area contributed by atoms with Gasteiger partial charge in [0.2, 0.25) is 5.71 Å². The largest absolute Gasteiger partial charge is 0.439 e. The lowest BCUT2D eigenvalue weighted by Gasteiger charge is -2.44. The minimum Gasteiger partial charge on any atom is -0.439 e. The number of aromatic nitrogens is 1. The Bertz CT molecular complexity index is 1090. The van der Waals surface area contributed by atoms with Crippen LogP contribution in [-0.4, -0.2) is 30.0 Å². The van der Waals surface area contributed by atoms with Gasteiger partial charge in [-0.2, -0.15) is 0 Å². The molecule has 0 saturated carbocycles. The standard InChI is InChI=1S/C21H23BN4O/c1-13-10-11-16-20-19(27-21(16)23-13)12-14(2)26(22(20)4)25-15(3)24(5)17-8-6-7-9-18(17)25/h6-12,15H,1-5H3/t15-/m0/s1. The van der Waals surface area contributed by atoms with Crippen molar-refractivity contribution in [3.63, 3.8) is 0 Å². The fourth-order valence-corrected chi connectivity index (χ4v) is 4.50. The van der Waals surface area contributed by atoms with Crippen LogP contribution >= 0.6 is 0 Å². The molecular weight excluding hydrogens is 335 g/mol. The molecule has 0 spiro atoms. The normalized spacial score (nSPS) is 18.9. The molecule has 0 unspecified atom stereocenters. The number of nitrogens with zero attached hydrogens (tertiary/aromatic N) is 4. The molecule has 0 bridgehead atoms. The second-order valence-corrected chi connectivity index (χ2v) is 7.57. The summed E-state index contributed by atoms with van der Waals surface area (Å²) in [7, 11) is 2.16. The van der Waals surface area contributed by atoms with E-state index in [0.717, 1.165) is 22.6 Å². The van der Waals surface area contributed by atoms with Gasteiger partial charge in [-0.3, -0.25) is 5.01 Å². The predicted molar refractivity (Wildman–Crippen MR) is 112 cm³/mol. The van der Waals surface area contributed by atoms with Crippen LogP contribution < -0.4 is 15.4 Å². The van der Waals surface area contributed by atoms with Gasteiger partial charge < -0.3 is 14.2 Å². The van der Waals surface area contributed by atoms with Crippen molar-refractivity contribution in [2.75, 3.05) is 17.0 Å². The summed E-state index contributed by atoms with van der Waals surface area (Å²) in [4.78, 5) is 9.31. The predicted octanol–water partition coefficient (Wildman–Crippen LogP) is 3.86. The third-order valence-electron chi connectivity index (χ3n) is 5.90. The fraction of sp³-hybridized carbons (Fsp3) is 0.286. The Morgan fingerprint density at radius 1 is 1.07 bits per heavy atom. The topological polar surface area (TPSA) is 35.8 Å². The summed E-state index contributed by atoms with van der Waals surface area (Å²) in [5.74, 6) is 0.929. The maximum Gasteiger partial charge on any atom is 0.315 e. The van der Waals surface area contributed by atoms with Crippen LogP contribution in [0.3, 0.4) is 0 Å². The van der Waals surface area contributed by atoms with E-state index >= 15 is 0 Å². The third-order valence-corrected chi connectivity index (χ3v) is 5.90. The Labute approximate surface area is 159 Å². The lowest BCUT2D eigenvalue weighted by molar-refractivity contribution is 0.438. The van der Waals surface area contributed by atoms with E-state index in [-0.39, 0.29) is 13.0 Å². The highest BCUT2D eigenvalue weighted by Gasteiger charge is 2.41. The number of aryl methyl sites for hydroxylation is 1. The molecule has 27 heavy (non-hydrogen) atoms. The van der Waals surface area contributed by atoms with Crippen LogP contribution in [0.4, 0.5) is 11.4 Å². The fourth-order valence-electron chi connectivity index (χ4n) is 4.50. The van der Waals surface area contributed by atoms with Crippen LogP contribution in [0.1, 0.15) is 25.3 Å². The Morgan fingerprint density at radius 3 is 2.59 bits per heavy atom. The molecule has 0 radical (unpaired) electrons. The van der Waals surface area contributed by atoms with E-state index in [2.05, 4.69) is 90.0 Å². The van der Waals surface area contributed by atoms with Gasteiger partial charge in [0.05, 0.1) is 11.4 Å². The van der Waals surface area contributed by atoms with Crippen molar-refractivity contribution in [2.24, 2.45) is 0 Å². The first kappa shape index (κ1) is 16.3. The number of rotatable bonds is 1. The van der Waals surface area contributed by atoms with E-state index in [4.69, 9.17) is 4.42 Å². The molecule has 1 atom stereocenters. The summed E-state index contributed by atoms with van der Waals surface area (Å²) < 4.78 is 6.10. The number of fused-ring (bicyclic) bond motifs is 4. The van der Waals surface area contributed by atoms with Gasteiger partial charge in [0.1, 0.15) is 11.9 Å². The molecule has 2 aliphatic rings. The lowest BCUT2D eigenvalue weighted by atomic mass is 9.55. The van der Waals surface area contributed by atoms with Gasteiger partial charge in [-0.25, -0.2) is 4.98 Å². The van der Waals surface area contributed by atoms with E-state index in [1.54, 1.807) is 0 Å². The number of benzene rings is 1. The average molecular weight is 358 g/mol. The van der Waals surface area contributed by atoms with Crippen LogP contribution in [0.2, 0.25) is 6.82 Å². The van der Waals surface area contributed by atoms with Crippen molar-refractivity contribution in [1.29, 1.82) is 0 Å². The molecule has 0 aliphatic carbocycles. The molecule has 136 valence electrons. The van der Waals surface area contributed by atoms with Crippen molar-refractivity contribution in [3.8, 4) is 0 Å². The van der Waals surface area contributed by atoms with Crippen molar-refractivity contribution in [1.82, 2.24) is 9.90 Å². The summed E-state index contributed by atoms with van der Waals surface area (Å²) in [6.07, 6.45) is 2.37. The highest BCUT2D eigenvalue weighted by atomic mass is 16.3. The van der Waals surface area contributed by atoms with Crippen LogP contribution in [0, 0.1) is 6.92 Å². The van der Waals surface area contributed by atoms with E-state index in [9.17, 15) is 0 Å². The van der Waals surface area contributed by atoms with Gasteiger partial charge in [0.15, 0.2) is 0 Å². The molecule has 0 N–H and O–H groups in total. The zero-order valence-corrected chi connectivity index (χ0v) is 16.4. The quantitative estimate of drug-likeness (QED) is 0.618. The molecule has 4 heterocycles. The summed E-state index contributed by atoms with van der Waals surface area (Å²) in [6.45, 7) is 8.79. The maximum atomic E-state index is 6.10. The molecule has 1 aromatic carbocycles. The molecule has 2 aliphatic heterocycles. The van der Waals surface area contributed by atoms with Crippen LogP contribution in [0.5, 0.6) is 0 Å². The third kappa shape index (κ3) is 2.16. The molecule has 2 aromatic heterocycles. The highest BCUT2D eigenvalue weighted by Crippen LogP contribution is 2.41. The van der Waals surface area contributed by atoms with Crippen molar-refractivity contribution >= 4 is 40.9 Å². The van der Waals surface area contributed by atoms with Gasteiger partial charge in [-0.05, 0) is 51.1 Å². The van der Waals surface area contributed by atoms with Gasteiger partial charge >= 0.3 is 6.85 Å². The van der Waals surface area contributed by atoms with E-state index in [1.807, 2.05) is 6.92 Å². The number of hydrogen-bond acceptors (Lipinski definition) is 5. The van der Waals surface area contributed by atoms with Gasteiger partial charge in [-0.15, -0.1) is 0 Å². The molecule has 5 nitrogen and oxygen atoms in total. The lowest BCUT2D eigenvalue weighted by Crippen LogP contribution is -2.59. The van der Waals surface area contributed by atoms with Crippen molar-refractivity contribution in [2.45, 2.75) is 33.8 Å². The monoisotopic (exact) mass is 358 g/mol. The second kappa shape index (κ2) is 5.55. The van der Waals surface area contributed by atoms with E-state index in [0.29, 0.717) is 0 Å². The minimum atomic E-state index is 0.151. The van der Waals surface area contributed by atoms with Crippen LogP contribution in [0.25, 0.3) is 17.2 Å². The number of anilines is 2. The molecule has 0 saturated heterocycles. The summed E-state index contributed by atoms with van der Waals surface area (Å²) in [5, 5.41) is 3.50. The number of hydrazine groups is 1. The van der Waals surface area contributed by atoms with Crippen molar-refractivity contribution < 1.29 is 4.42 Å². The summed E-state index contributed by atoms with van der Waals surface area (Å²) >= 11 is 0. The molecule has 3 aromatic rings. The Hall–Kier alpha value is -2.89. The van der Waals surface area contributed by atoms with E-state index < -0.39 is 0 Å². The number of pyridine rings is 1. The average Bonchev–Trinajstić information content (AvgIpc) is 3.11. The molecule has 5 rings (SSSR count). The SMILES string of the molecule is CB1c2c(oc3nc(C)ccc23)C=C(C)N1N1c2ccccc2N(C)[C@@H]1C. The second-order valence-electron chi connectivity index (χ2n) is 7.57. The maximum absolute atomic E-state index is 6.10. The zero-order chi connectivity index (χ0) is 18.9. The van der Waals surface area contributed by atoms with Gasteiger partial charge in [0, 0.05) is 29.3 Å². The first-order valence-corrected chi connectivity index (χ1v) is 9.46. The zero-order valence-electron chi connectivity index (χ0n) is 16.4. The minimum absolute atomic E-state index is 0.151. The molecular formula is C21H23BN4O. The summed E-state index contributed by atoms with van der Waals surface area (Å²) in [5.41, 5.74) is 6.57. The highest BCUT2D eigenvalue weighted by molar-refractivity contribution is 6.73. The number of allylic oxidation sites excluding steroid dienone is 1. The molecule has 0 fully saturated rings. The van der Waals surface area contributed by atoms with Gasteiger partial charge in [0.25, 0.3) is 0 Å². The smallest absolute Gasteiger partial charge is 0.315 e. The first-order valence-electron chi connectivity index (χ1n) is 9.46. The molecule has 0 amide bonds. The van der Waals surface area contributed by atoms with Crippen LogP contribution in [-0.2, 0) is 0 Å². The van der Waals surface area contributed by atoms with Crippen molar-refractivity contribution in [3.05, 3.63) is 53.5 Å². The summed E-state index contributed by atoms with van der Waals surface area (Å²) in [6, 6.07) is 12.8. The molecule has 6 heteroatoms.